The van der Waals surface area contributed by atoms with Crippen LogP contribution in [0.3, 0.4) is 0 Å². The summed E-state index contributed by atoms with van der Waals surface area (Å²) in [5.74, 6) is 0.592. The predicted octanol–water partition coefficient (Wildman–Crippen LogP) is 6.15. The number of nitrogens with zero attached hydrogens (tertiary/aromatic N) is 3. The molecule has 0 spiro atoms. The van der Waals surface area contributed by atoms with Crippen LogP contribution in [0.2, 0.25) is 5.02 Å². The molecule has 1 aromatic heterocycles. The minimum absolute atomic E-state index is 0.0485. The average molecular weight is 458 g/mol. The molecule has 0 aliphatic carbocycles. The first-order valence-corrected chi connectivity index (χ1v) is 10.0. The normalized spacial score (nSPS) is 11.5. The summed E-state index contributed by atoms with van der Waals surface area (Å²) in [7, 11) is 0. The van der Waals surface area contributed by atoms with Gasteiger partial charge in [-0.25, -0.2) is 4.39 Å². The molecule has 0 radical (unpaired) electrons. The molecule has 2 aromatic carbocycles. The highest BCUT2D eigenvalue weighted by molar-refractivity contribution is 7.98. The van der Waals surface area contributed by atoms with E-state index in [0.29, 0.717) is 28.8 Å². The van der Waals surface area contributed by atoms with E-state index >= 15 is 0 Å². The second-order valence-electron chi connectivity index (χ2n) is 6.15. The molecule has 0 unspecified atom stereocenters. The van der Waals surface area contributed by atoms with Gasteiger partial charge in [0, 0.05) is 18.4 Å². The van der Waals surface area contributed by atoms with Crippen molar-refractivity contribution in [1.29, 1.82) is 0 Å². The van der Waals surface area contributed by atoms with Crippen LogP contribution in [0.25, 0.3) is 0 Å². The van der Waals surface area contributed by atoms with Gasteiger partial charge in [-0.05, 0) is 23.8 Å². The van der Waals surface area contributed by atoms with E-state index in [-0.39, 0.29) is 17.4 Å². The zero-order valence-corrected chi connectivity index (χ0v) is 17.1. The molecular weight excluding hydrogens is 442 g/mol. The van der Waals surface area contributed by atoms with Gasteiger partial charge >= 0.3 is 6.18 Å². The number of ether oxygens (including phenoxy) is 1. The molecule has 0 bridgehead atoms. The van der Waals surface area contributed by atoms with Crippen molar-refractivity contribution < 1.29 is 22.3 Å². The van der Waals surface area contributed by atoms with Crippen molar-refractivity contribution >= 4 is 23.4 Å². The highest BCUT2D eigenvalue weighted by Gasteiger charge is 2.30. The van der Waals surface area contributed by atoms with E-state index in [2.05, 4.69) is 16.8 Å². The lowest BCUT2D eigenvalue weighted by Gasteiger charge is -2.10. The van der Waals surface area contributed by atoms with Crippen molar-refractivity contribution in [1.82, 2.24) is 14.8 Å². The van der Waals surface area contributed by atoms with E-state index in [1.54, 1.807) is 16.7 Å². The zero-order chi connectivity index (χ0) is 21.7. The summed E-state index contributed by atoms with van der Waals surface area (Å²) >= 11 is 7.00. The number of benzene rings is 2. The molecule has 3 aromatic rings. The Morgan fingerprint density at radius 3 is 2.67 bits per heavy atom. The molecule has 10 heteroatoms. The molecule has 0 saturated carbocycles. The Kier molecular flexibility index (Phi) is 7.04. The van der Waals surface area contributed by atoms with Gasteiger partial charge in [0.25, 0.3) is 0 Å². The van der Waals surface area contributed by atoms with Gasteiger partial charge in [0.1, 0.15) is 18.2 Å². The minimum atomic E-state index is -4.39. The number of alkyl halides is 3. The number of rotatable bonds is 8. The van der Waals surface area contributed by atoms with Gasteiger partial charge in [0.05, 0.1) is 10.6 Å². The molecule has 0 aliphatic rings. The maximum absolute atomic E-state index is 13.3. The van der Waals surface area contributed by atoms with Crippen LogP contribution >= 0.6 is 23.4 Å². The van der Waals surface area contributed by atoms with Gasteiger partial charge in [-0.3, -0.25) is 4.57 Å². The third kappa shape index (κ3) is 5.54. The maximum atomic E-state index is 13.3. The fourth-order valence-electron chi connectivity index (χ4n) is 2.54. The fourth-order valence-corrected chi connectivity index (χ4v) is 3.63. The van der Waals surface area contributed by atoms with Crippen molar-refractivity contribution in [3.63, 3.8) is 0 Å². The third-order valence-electron chi connectivity index (χ3n) is 3.99. The van der Waals surface area contributed by atoms with Crippen LogP contribution in [0.4, 0.5) is 17.6 Å². The Hall–Kier alpha value is -2.52. The number of hydrogen-bond donors (Lipinski definition) is 0. The first-order chi connectivity index (χ1) is 14.3. The van der Waals surface area contributed by atoms with Crippen molar-refractivity contribution in [2.45, 2.75) is 30.2 Å². The van der Waals surface area contributed by atoms with E-state index in [1.165, 1.54) is 36.0 Å². The molecule has 0 aliphatic heterocycles. The van der Waals surface area contributed by atoms with Crippen LogP contribution in [0.15, 0.2) is 60.3 Å². The van der Waals surface area contributed by atoms with Crippen molar-refractivity contribution in [3.8, 4) is 5.75 Å². The Morgan fingerprint density at radius 1 is 1.17 bits per heavy atom. The van der Waals surface area contributed by atoms with Gasteiger partial charge < -0.3 is 4.74 Å². The number of halogens is 5. The highest BCUT2D eigenvalue weighted by Crippen LogP contribution is 2.31. The molecule has 3 rings (SSSR count). The lowest BCUT2D eigenvalue weighted by Crippen LogP contribution is -2.08. The standard InChI is InChI=1S/C20H16ClF4N3OS/c1-2-8-28-18(11-29-15-6-7-17(22)16(21)10-15)26-27-19(28)30-12-13-4-3-5-14(9-13)20(23,24)25/h2-7,9-10H,1,8,11-12H2. The summed E-state index contributed by atoms with van der Waals surface area (Å²) in [6.07, 6.45) is -2.74. The molecule has 158 valence electrons. The number of allylic oxidation sites excluding steroid dienone is 1. The summed E-state index contributed by atoms with van der Waals surface area (Å²) < 4.78 is 59.3. The van der Waals surface area contributed by atoms with Crippen LogP contribution in [0.5, 0.6) is 5.75 Å². The summed E-state index contributed by atoms with van der Waals surface area (Å²) in [6, 6.07) is 9.14. The van der Waals surface area contributed by atoms with Crippen LogP contribution in [0.1, 0.15) is 17.0 Å². The Morgan fingerprint density at radius 2 is 1.97 bits per heavy atom. The van der Waals surface area contributed by atoms with Crippen molar-refractivity contribution in [2.75, 3.05) is 0 Å². The van der Waals surface area contributed by atoms with Gasteiger partial charge in [0.15, 0.2) is 11.0 Å². The number of hydrogen-bond acceptors (Lipinski definition) is 4. The number of aromatic nitrogens is 3. The fraction of sp³-hybridized carbons (Fsp3) is 0.200. The molecule has 0 N–H and O–H groups in total. The van der Waals surface area contributed by atoms with Gasteiger partial charge in [-0.2, -0.15) is 13.2 Å². The molecule has 1 heterocycles. The average Bonchev–Trinajstić information content (AvgIpc) is 3.09. The van der Waals surface area contributed by atoms with Gasteiger partial charge in [0.2, 0.25) is 0 Å². The SMILES string of the molecule is C=CCn1c(COc2ccc(F)c(Cl)c2)nnc1SCc1cccc(C(F)(F)F)c1. The van der Waals surface area contributed by atoms with E-state index in [1.807, 2.05) is 0 Å². The van der Waals surface area contributed by atoms with Crippen LogP contribution in [-0.2, 0) is 25.1 Å². The van der Waals surface area contributed by atoms with Crippen LogP contribution < -0.4 is 4.74 Å². The van der Waals surface area contributed by atoms with Crippen LogP contribution in [-0.4, -0.2) is 14.8 Å². The van der Waals surface area contributed by atoms with E-state index in [4.69, 9.17) is 16.3 Å². The second-order valence-corrected chi connectivity index (χ2v) is 7.50. The van der Waals surface area contributed by atoms with Crippen molar-refractivity contribution in [2.24, 2.45) is 0 Å². The molecular formula is C20H16ClF4N3OS. The smallest absolute Gasteiger partial charge is 0.416 e. The molecule has 0 atom stereocenters. The Bertz CT molecular complexity index is 1040. The topological polar surface area (TPSA) is 39.9 Å². The zero-order valence-electron chi connectivity index (χ0n) is 15.5. The lowest BCUT2D eigenvalue weighted by molar-refractivity contribution is -0.137. The highest BCUT2D eigenvalue weighted by atomic mass is 35.5. The maximum Gasteiger partial charge on any atom is 0.416 e. The Balaban J connectivity index is 1.71. The van der Waals surface area contributed by atoms with E-state index in [9.17, 15) is 17.6 Å². The summed E-state index contributed by atoms with van der Waals surface area (Å²) in [5, 5.41) is 8.65. The monoisotopic (exact) mass is 457 g/mol. The van der Waals surface area contributed by atoms with Crippen molar-refractivity contribution in [3.05, 3.63) is 82.9 Å². The molecule has 0 amide bonds. The van der Waals surface area contributed by atoms with Gasteiger partial charge in [-0.15, -0.1) is 16.8 Å². The summed E-state index contributed by atoms with van der Waals surface area (Å²) in [4.78, 5) is 0. The first-order valence-electron chi connectivity index (χ1n) is 8.67. The lowest BCUT2D eigenvalue weighted by atomic mass is 10.1. The predicted molar refractivity (Wildman–Crippen MR) is 107 cm³/mol. The quantitative estimate of drug-likeness (QED) is 0.231. The largest absolute Gasteiger partial charge is 0.486 e. The van der Waals surface area contributed by atoms with Crippen LogP contribution in [0, 0.1) is 5.82 Å². The molecule has 0 saturated heterocycles. The second kappa shape index (κ2) is 9.53. The van der Waals surface area contributed by atoms with E-state index in [0.717, 1.165) is 12.1 Å². The third-order valence-corrected chi connectivity index (χ3v) is 5.31. The molecule has 0 fully saturated rings. The van der Waals surface area contributed by atoms with Gasteiger partial charge in [-0.1, -0.05) is 47.6 Å². The first kappa shape index (κ1) is 22.2. The minimum Gasteiger partial charge on any atom is -0.486 e. The van der Waals surface area contributed by atoms with E-state index < -0.39 is 17.6 Å². The number of thioether (sulfide) groups is 1. The Labute approximate surface area is 179 Å². The summed E-state index contributed by atoms with van der Waals surface area (Å²) in [6.45, 7) is 4.14. The summed E-state index contributed by atoms with van der Waals surface area (Å²) in [5.41, 5.74) is -0.179. The molecule has 4 nitrogen and oxygen atoms in total. The molecule has 30 heavy (non-hydrogen) atoms.